The Morgan fingerprint density at radius 1 is 1.11 bits per heavy atom. The Hall–Kier alpha value is -3.57. The average molecular weight is 498 g/mol. The predicted molar refractivity (Wildman–Crippen MR) is 131 cm³/mol. The monoisotopic (exact) mass is 497 g/mol. The van der Waals surface area contributed by atoms with Crippen molar-refractivity contribution < 1.29 is 17.9 Å². The number of hydrogen-bond acceptors (Lipinski definition) is 7. The van der Waals surface area contributed by atoms with Crippen LogP contribution in [0.15, 0.2) is 52.2 Å². The summed E-state index contributed by atoms with van der Waals surface area (Å²) in [5, 5.41) is 5.34. The Balaban J connectivity index is 1.60. The second kappa shape index (κ2) is 9.59. The van der Waals surface area contributed by atoms with Gasteiger partial charge in [0.2, 0.25) is 10.0 Å². The van der Waals surface area contributed by atoms with Gasteiger partial charge in [0.25, 0.3) is 5.56 Å². The summed E-state index contributed by atoms with van der Waals surface area (Å²) in [6.07, 6.45) is 0.714. The minimum Gasteiger partial charge on any atom is -0.457 e. The van der Waals surface area contributed by atoms with E-state index in [-0.39, 0.29) is 23.5 Å². The number of rotatable bonds is 8. The maximum Gasteiger partial charge on any atom is 0.312 e. The van der Waals surface area contributed by atoms with E-state index in [1.165, 1.54) is 24.8 Å². The molecular formula is C24H27N5O5S. The van der Waals surface area contributed by atoms with Crippen molar-refractivity contribution in [1.82, 2.24) is 23.6 Å². The standard InChI is InChI=1S/C24H27N5O5S/c1-5-12-29-21-11-10-16(35(32,33)27(2)3)13-20(21)25-22(29)15-34-23(30)14-19-17-8-6-7-9-18(17)24(31)28(4)26-19/h6-11,13H,5,12,14-15H2,1-4H3. The maximum absolute atomic E-state index is 12.7. The molecule has 11 heteroatoms. The molecule has 35 heavy (non-hydrogen) atoms. The van der Waals surface area contributed by atoms with E-state index in [9.17, 15) is 18.0 Å². The molecule has 0 spiro atoms. The third-order valence-electron chi connectivity index (χ3n) is 5.73. The molecule has 0 saturated carbocycles. The zero-order chi connectivity index (χ0) is 25.3. The van der Waals surface area contributed by atoms with Crippen LogP contribution in [0.2, 0.25) is 0 Å². The summed E-state index contributed by atoms with van der Waals surface area (Å²) < 4.78 is 34.8. The topological polar surface area (TPSA) is 116 Å². The molecule has 0 aliphatic rings. The van der Waals surface area contributed by atoms with Crippen molar-refractivity contribution in [1.29, 1.82) is 0 Å². The number of carbonyl (C=O) groups is 1. The highest BCUT2D eigenvalue weighted by atomic mass is 32.2. The van der Waals surface area contributed by atoms with Crippen LogP contribution in [-0.2, 0) is 46.2 Å². The first-order valence-electron chi connectivity index (χ1n) is 11.2. The van der Waals surface area contributed by atoms with E-state index < -0.39 is 16.0 Å². The molecule has 184 valence electrons. The number of hydrogen-bond donors (Lipinski definition) is 0. The average Bonchev–Trinajstić information content (AvgIpc) is 3.18. The fraction of sp³-hybridized carbons (Fsp3) is 0.333. The summed E-state index contributed by atoms with van der Waals surface area (Å²) in [5.41, 5.74) is 1.49. The van der Waals surface area contributed by atoms with Crippen molar-refractivity contribution in [2.45, 2.75) is 37.8 Å². The van der Waals surface area contributed by atoms with Crippen LogP contribution in [0, 0.1) is 0 Å². The fourth-order valence-electron chi connectivity index (χ4n) is 3.95. The van der Waals surface area contributed by atoms with Crippen LogP contribution in [0.1, 0.15) is 24.9 Å². The molecular weight excluding hydrogens is 470 g/mol. The van der Waals surface area contributed by atoms with Crippen LogP contribution in [-0.4, -0.2) is 52.1 Å². The van der Waals surface area contributed by atoms with Gasteiger partial charge in [-0.1, -0.05) is 25.1 Å². The summed E-state index contributed by atoms with van der Waals surface area (Å²) in [6, 6.07) is 11.8. The van der Waals surface area contributed by atoms with E-state index in [0.29, 0.717) is 34.4 Å². The molecule has 0 aliphatic heterocycles. The molecule has 2 aromatic heterocycles. The molecule has 0 aliphatic carbocycles. The zero-order valence-electron chi connectivity index (χ0n) is 20.1. The largest absolute Gasteiger partial charge is 0.457 e. The van der Waals surface area contributed by atoms with E-state index in [1.54, 1.807) is 43.4 Å². The number of sulfonamides is 1. The Labute approximate surface area is 202 Å². The summed E-state index contributed by atoms with van der Waals surface area (Å²) in [6.45, 7) is 2.58. The second-order valence-electron chi connectivity index (χ2n) is 8.38. The van der Waals surface area contributed by atoms with Gasteiger partial charge in [0.05, 0.1) is 33.4 Å². The molecule has 4 aromatic rings. The lowest BCUT2D eigenvalue weighted by Gasteiger charge is -2.11. The zero-order valence-corrected chi connectivity index (χ0v) is 20.9. The smallest absolute Gasteiger partial charge is 0.312 e. The van der Waals surface area contributed by atoms with Crippen molar-refractivity contribution in [3.63, 3.8) is 0 Å². The summed E-state index contributed by atoms with van der Waals surface area (Å²) >= 11 is 0. The SMILES string of the molecule is CCCn1c(COC(=O)Cc2nn(C)c(=O)c3ccccc23)nc2cc(S(=O)(=O)N(C)C)ccc21. The van der Waals surface area contributed by atoms with Crippen LogP contribution in [0.5, 0.6) is 0 Å². The molecule has 0 saturated heterocycles. The highest BCUT2D eigenvalue weighted by Gasteiger charge is 2.20. The van der Waals surface area contributed by atoms with Crippen molar-refractivity contribution in [3.05, 3.63) is 64.3 Å². The van der Waals surface area contributed by atoms with Gasteiger partial charge in [-0.3, -0.25) is 9.59 Å². The molecule has 0 atom stereocenters. The molecule has 0 amide bonds. The Morgan fingerprint density at radius 2 is 1.83 bits per heavy atom. The van der Waals surface area contributed by atoms with E-state index >= 15 is 0 Å². The third-order valence-corrected chi connectivity index (χ3v) is 7.54. The summed E-state index contributed by atoms with van der Waals surface area (Å²) in [4.78, 5) is 29.7. The first-order chi connectivity index (χ1) is 16.6. The van der Waals surface area contributed by atoms with E-state index in [1.807, 2.05) is 11.5 Å². The molecule has 0 radical (unpaired) electrons. The minimum atomic E-state index is -3.60. The lowest BCUT2D eigenvalue weighted by atomic mass is 10.1. The number of esters is 1. The molecule has 4 rings (SSSR count). The molecule has 10 nitrogen and oxygen atoms in total. The second-order valence-corrected chi connectivity index (χ2v) is 10.5. The van der Waals surface area contributed by atoms with Crippen molar-refractivity contribution >= 4 is 37.8 Å². The number of benzene rings is 2. The van der Waals surface area contributed by atoms with Gasteiger partial charge in [-0.15, -0.1) is 0 Å². The maximum atomic E-state index is 12.7. The Bertz CT molecular complexity index is 1590. The van der Waals surface area contributed by atoms with Crippen LogP contribution in [0.3, 0.4) is 0 Å². The van der Waals surface area contributed by atoms with Gasteiger partial charge in [-0.05, 0) is 30.7 Å². The lowest BCUT2D eigenvalue weighted by Crippen LogP contribution is -2.23. The highest BCUT2D eigenvalue weighted by Crippen LogP contribution is 2.23. The molecule has 0 bridgehead atoms. The van der Waals surface area contributed by atoms with Crippen LogP contribution in [0.4, 0.5) is 0 Å². The fourth-order valence-corrected chi connectivity index (χ4v) is 4.88. The number of imidazole rings is 1. The lowest BCUT2D eigenvalue weighted by molar-refractivity contribution is -0.144. The van der Waals surface area contributed by atoms with Crippen molar-refractivity contribution in [2.24, 2.45) is 7.05 Å². The Kier molecular flexibility index (Phi) is 6.73. The molecule has 0 N–H and O–H groups in total. The molecule has 0 fully saturated rings. The highest BCUT2D eigenvalue weighted by molar-refractivity contribution is 7.89. The Morgan fingerprint density at radius 3 is 2.51 bits per heavy atom. The van der Waals surface area contributed by atoms with E-state index in [0.717, 1.165) is 16.2 Å². The predicted octanol–water partition coefficient (Wildman–Crippen LogP) is 2.23. The normalized spacial score (nSPS) is 12.0. The number of fused-ring (bicyclic) bond motifs is 2. The van der Waals surface area contributed by atoms with Crippen LogP contribution < -0.4 is 5.56 Å². The van der Waals surface area contributed by atoms with Gasteiger partial charge in [0, 0.05) is 33.1 Å². The van der Waals surface area contributed by atoms with E-state index in [2.05, 4.69) is 10.1 Å². The van der Waals surface area contributed by atoms with Gasteiger partial charge in [-0.2, -0.15) is 5.10 Å². The van der Waals surface area contributed by atoms with Gasteiger partial charge in [0.15, 0.2) is 0 Å². The van der Waals surface area contributed by atoms with Gasteiger partial charge in [-0.25, -0.2) is 22.4 Å². The van der Waals surface area contributed by atoms with Crippen molar-refractivity contribution in [2.75, 3.05) is 14.1 Å². The summed E-state index contributed by atoms with van der Waals surface area (Å²) in [5.74, 6) is 0.0140. The number of carbonyl (C=O) groups excluding carboxylic acids is 1. The summed E-state index contributed by atoms with van der Waals surface area (Å²) in [7, 11) is 0.891. The number of ether oxygens (including phenoxy) is 1. The van der Waals surface area contributed by atoms with Gasteiger partial charge < -0.3 is 9.30 Å². The minimum absolute atomic E-state index is 0.0764. The number of nitrogens with zero attached hydrogens (tertiary/aromatic N) is 5. The molecule has 0 unspecified atom stereocenters. The number of aromatic nitrogens is 4. The molecule has 2 heterocycles. The number of aryl methyl sites for hydroxylation is 2. The quantitative estimate of drug-likeness (QED) is 0.343. The van der Waals surface area contributed by atoms with E-state index in [4.69, 9.17) is 4.74 Å². The van der Waals surface area contributed by atoms with Gasteiger partial charge >= 0.3 is 5.97 Å². The molecule has 2 aromatic carbocycles. The van der Waals surface area contributed by atoms with Crippen molar-refractivity contribution in [3.8, 4) is 0 Å². The first kappa shape index (κ1) is 24.6. The van der Waals surface area contributed by atoms with Gasteiger partial charge in [0.1, 0.15) is 12.4 Å². The van der Waals surface area contributed by atoms with Crippen LogP contribution in [0.25, 0.3) is 21.8 Å². The third kappa shape index (κ3) is 4.69. The first-order valence-corrected chi connectivity index (χ1v) is 12.6. The van der Waals surface area contributed by atoms with Crippen LogP contribution >= 0.6 is 0 Å².